The number of ether oxygens (including phenoxy) is 2. The highest BCUT2D eigenvalue weighted by molar-refractivity contribution is 7.92. The zero-order valence-electron chi connectivity index (χ0n) is 18.9. The molecule has 0 aromatic heterocycles. The zero-order chi connectivity index (χ0) is 23.8. The van der Waals surface area contributed by atoms with Crippen LogP contribution in [-0.4, -0.2) is 41.6 Å². The molecule has 1 N–H and O–H groups in total. The van der Waals surface area contributed by atoms with Gasteiger partial charge in [-0.1, -0.05) is 30.3 Å². The van der Waals surface area contributed by atoms with Crippen LogP contribution in [0.4, 0.5) is 5.69 Å². The number of anilines is 1. The van der Waals surface area contributed by atoms with Crippen molar-refractivity contribution in [2.75, 3.05) is 31.6 Å². The summed E-state index contributed by atoms with van der Waals surface area (Å²) in [4.78, 5) is 12.8. The van der Waals surface area contributed by atoms with E-state index in [0.29, 0.717) is 30.2 Å². The molecule has 0 bridgehead atoms. The van der Waals surface area contributed by atoms with Gasteiger partial charge >= 0.3 is 0 Å². The maximum atomic E-state index is 13.2. The summed E-state index contributed by atoms with van der Waals surface area (Å²) < 4.78 is 38.4. The molecule has 0 unspecified atom stereocenters. The van der Waals surface area contributed by atoms with E-state index in [9.17, 15) is 13.2 Å². The lowest BCUT2D eigenvalue weighted by molar-refractivity contribution is 0.0954. The molecule has 3 aromatic carbocycles. The molecular formula is C25H28N2O5S. The Morgan fingerprint density at radius 2 is 1.70 bits per heavy atom. The molecule has 0 heterocycles. The first kappa shape index (κ1) is 24.1. The van der Waals surface area contributed by atoms with Gasteiger partial charge in [-0.2, -0.15) is 0 Å². The average Bonchev–Trinajstić information content (AvgIpc) is 2.85. The van der Waals surface area contributed by atoms with E-state index in [1.54, 1.807) is 63.6 Å². The van der Waals surface area contributed by atoms with Crippen molar-refractivity contribution in [1.29, 1.82) is 0 Å². The van der Waals surface area contributed by atoms with Crippen LogP contribution in [0.3, 0.4) is 0 Å². The number of carbonyl (C=O) groups is 1. The number of nitrogens with zero attached hydrogens (tertiary/aromatic N) is 1. The SMILES string of the molecule is CCN(c1ccccc1)S(=O)(=O)c1cccc(C(=O)NCCc2ccc(OC)cc2OC)c1. The third kappa shape index (κ3) is 5.64. The number of hydrogen-bond donors (Lipinski definition) is 1. The summed E-state index contributed by atoms with van der Waals surface area (Å²) in [7, 11) is -0.647. The lowest BCUT2D eigenvalue weighted by atomic mass is 10.1. The molecule has 3 aromatic rings. The monoisotopic (exact) mass is 468 g/mol. The molecule has 0 atom stereocenters. The summed E-state index contributed by atoms with van der Waals surface area (Å²) in [6, 6.07) is 20.5. The fourth-order valence-corrected chi connectivity index (χ4v) is 5.00. The molecule has 0 spiro atoms. The second kappa shape index (κ2) is 10.9. The molecule has 0 saturated heterocycles. The fourth-order valence-electron chi connectivity index (χ4n) is 3.48. The molecule has 174 valence electrons. The normalized spacial score (nSPS) is 11.0. The summed E-state index contributed by atoms with van der Waals surface area (Å²) in [5.41, 5.74) is 1.78. The summed E-state index contributed by atoms with van der Waals surface area (Å²) in [5.74, 6) is 1.02. The average molecular weight is 469 g/mol. The van der Waals surface area contributed by atoms with E-state index in [2.05, 4.69) is 5.32 Å². The van der Waals surface area contributed by atoms with Gasteiger partial charge in [0.2, 0.25) is 0 Å². The number of rotatable bonds is 10. The highest BCUT2D eigenvalue weighted by atomic mass is 32.2. The van der Waals surface area contributed by atoms with Crippen LogP contribution in [0.25, 0.3) is 0 Å². The van der Waals surface area contributed by atoms with Gasteiger partial charge in [-0.25, -0.2) is 8.42 Å². The van der Waals surface area contributed by atoms with Crippen LogP contribution in [0, 0.1) is 0 Å². The van der Waals surface area contributed by atoms with E-state index in [1.807, 2.05) is 18.2 Å². The van der Waals surface area contributed by atoms with Crippen LogP contribution in [0.15, 0.2) is 77.7 Å². The molecule has 0 aliphatic rings. The zero-order valence-corrected chi connectivity index (χ0v) is 19.8. The van der Waals surface area contributed by atoms with Gasteiger partial charge in [0.25, 0.3) is 15.9 Å². The van der Waals surface area contributed by atoms with Crippen LogP contribution < -0.4 is 19.1 Å². The van der Waals surface area contributed by atoms with Gasteiger partial charge in [0.15, 0.2) is 0 Å². The van der Waals surface area contributed by atoms with Gasteiger partial charge < -0.3 is 14.8 Å². The van der Waals surface area contributed by atoms with Crippen molar-refractivity contribution in [1.82, 2.24) is 5.32 Å². The Kier molecular flexibility index (Phi) is 7.95. The second-order valence-corrected chi connectivity index (χ2v) is 9.08. The Hall–Kier alpha value is -3.52. The van der Waals surface area contributed by atoms with Crippen molar-refractivity contribution in [2.45, 2.75) is 18.2 Å². The van der Waals surface area contributed by atoms with Crippen molar-refractivity contribution in [2.24, 2.45) is 0 Å². The molecule has 3 rings (SSSR count). The molecule has 7 nitrogen and oxygen atoms in total. The van der Waals surface area contributed by atoms with E-state index < -0.39 is 10.0 Å². The lowest BCUT2D eigenvalue weighted by Gasteiger charge is -2.23. The molecule has 33 heavy (non-hydrogen) atoms. The maximum Gasteiger partial charge on any atom is 0.264 e. The van der Waals surface area contributed by atoms with Crippen molar-refractivity contribution in [3.63, 3.8) is 0 Å². The second-order valence-electron chi connectivity index (χ2n) is 7.22. The summed E-state index contributed by atoms with van der Waals surface area (Å²) >= 11 is 0. The predicted octanol–water partition coefficient (Wildman–Crippen LogP) is 3.89. The number of para-hydroxylation sites is 1. The Balaban J connectivity index is 1.72. The van der Waals surface area contributed by atoms with Crippen LogP contribution in [0.1, 0.15) is 22.8 Å². The van der Waals surface area contributed by atoms with Crippen molar-refractivity contribution >= 4 is 21.6 Å². The van der Waals surface area contributed by atoms with Gasteiger partial charge in [-0.05, 0) is 55.3 Å². The van der Waals surface area contributed by atoms with E-state index in [-0.39, 0.29) is 22.9 Å². The van der Waals surface area contributed by atoms with Crippen molar-refractivity contribution in [3.8, 4) is 11.5 Å². The largest absolute Gasteiger partial charge is 0.497 e. The van der Waals surface area contributed by atoms with Crippen LogP contribution in [0.2, 0.25) is 0 Å². The topological polar surface area (TPSA) is 84.9 Å². The number of hydrogen-bond acceptors (Lipinski definition) is 5. The van der Waals surface area contributed by atoms with Gasteiger partial charge in [0, 0.05) is 24.7 Å². The smallest absolute Gasteiger partial charge is 0.264 e. The van der Waals surface area contributed by atoms with E-state index in [4.69, 9.17) is 9.47 Å². The number of nitrogens with one attached hydrogen (secondary N) is 1. The molecule has 0 aliphatic carbocycles. The molecule has 0 radical (unpaired) electrons. The van der Waals surface area contributed by atoms with Gasteiger partial charge in [0.05, 0.1) is 24.8 Å². The standard InChI is InChI=1S/C25H28N2O5S/c1-4-27(21-10-6-5-7-11-21)33(29,30)23-12-8-9-20(17-23)25(28)26-16-15-19-13-14-22(31-2)18-24(19)32-3/h5-14,17-18H,4,15-16H2,1-3H3,(H,26,28). The molecule has 1 amide bonds. The lowest BCUT2D eigenvalue weighted by Crippen LogP contribution is -2.31. The van der Waals surface area contributed by atoms with E-state index in [0.717, 1.165) is 5.56 Å². The van der Waals surface area contributed by atoms with Crippen molar-refractivity contribution < 1.29 is 22.7 Å². The first-order chi connectivity index (χ1) is 15.9. The minimum absolute atomic E-state index is 0.0673. The first-order valence-corrected chi connectivity index (χ1v) is 12.0. The summed E-state index contributed by atoms with van der Waals surface area (Å²) in [6.45, 7) is 2.41. The minimum Gasteiger partial charge on any atom is -0.497 e. The van der Waals surface area contributed by atoms with Crippen molar-refractivity contribution in [3.05, 3.63) is 83.9 Å². The Morgan fingerprint density at radius 3 is 2.36 bits per heavy atom. The minimum atomic E-state index is -3.81. The molecule has 0 fully saturated rings. The first-order valence-electron chi connectivity index (χ1n) is 10.6. The third-order valence-electron chi connectivity index (χ3n) is 5.19. The van der Waals surface area contributed by atoms with Crippen LogP contribution in [-0.2, 0) is 16.4 Å². The number of amides is 1. The number of benzene rings is 3. The van der Waals surface area contributed by atoms with Crippen LogP contribution in [0.5, 0.6) is 11.5 Å². The summed E-state index contributed by atoms with van der Waals surface area (Å²) in [6.07, 6.45) is 0.550. The van der Waals surface area contributed by atoms with Gasteiger partial charge in [-0.15, -0.1) is 0 Å². The molecule has 0 saturated carbocycles. The quantitative estimate of drug-likeness (QED) is 0.488. The highest BCUT2D eigenvalue weighted by Gasteiger charge is 2.24. The molecule has 0 aliphatic heterocycles. The highest BCUT2D eigenvalue weighted by Crippen LogP contribution is 2.25. The van der Waals surface area contributed by atoms with Gasteiger partial charge in [0.1, 0.15) is 11.5 Å². The number of methoxy groups -OCH3 is 2. The summed E-state index contributed by atoms with van der Waals surface area (Å²) in [5, 5.41) is 2.85. The fraction of sp³-hybridized carbons (Fsp3) is 0.240. The van der Waals surface area contributed by atoms with Crippen LogP contribution >= 0.6 is 0 Å². The number of sulfonamides is 1. The van der Waals surface area contributed by atoms with E-state index in [1.165, 1.54) is 16.4 Å². The molecular weight excluding hydrogens is 440 g/mol. The Morgan fingerprint density at radius 1 is 0.939 bits per heavy atom. The maximum absolute atomic E-state index is 13.2. The third-order valence-corrected chi connectivity index (χ3v) is 7.09. The molecule has 8 heteroatoms. The Labute approximate surface area is 195 Å². The van der Waals surface area contributed by atoms with E-state index >= 15 is 0 Å². The van der Waals surface area contributed by atoms with Gasteiger partial charge in [-0.3, -0.25) is 9.10 Å². The number of carbonyl (C=O) groups excluding carboxylic acids is 1. The Bertz CT molecular complexity index is 1200. The predicted molar refractivity (Wildman–Crippen MR) is 129 cm³/mol.